The zero-order valence-electron chi connectivity index (χ0n) is 19.6. The lowest BCUT2D eigenvalue weighted by Crippen LogP contribution is -2.46. The molecule has 34 heavy (non-hydrogen) atoms. The van der Waals surface area contributed by atoms with Crippen LogP contribution in [0, 0.1) is 0 Å². The summed E-state index contributed by atoms with van der Waals surface area (Å²) in [5, 5.41) is -0.294. The molecule has 2 unspecified atom stereocenters. The van der Waals surface area contributed by atoms with E-state index < -0.39 is 10.0 Å². The number of fused-ring (bicyclic) bond motifs is 1. The number of aromatic nitrogens is 2. The van der Waals surface area contributed by atoms with E-state index in [1.165, 1.54) is 0 Å². The van der Waals surface area contributed by atoms with Gasteiger partial charge in [-0.2, -0.15) is 0 Å². The molecule has 0 bridgehead atoms. The predicted molar refractivity (Wildman–Crippen MR) is 134 cm³/mol. The van der Waals surface area contributed by atoms with Crippen LogP contribution in [0.1, 0.15) is 61.9 Å². The van der Waals surface area contributed by atoms with Crippen molar-refractivity contribution in [1.29, 1.82) is 0 Å². The van der Waals surface area contributed by atoms with E-state index in [1.807, 2.05) is 38.1 Å². The fourth-order valence-corrected chi connectivity index (χ4v) is 6.64. The number of hydrogen-bond acceptors (Lipinski definition) is 4. The van der Waals surface area contributed by atoms with Gasteiger partial charge in [-0.25, -0.2) is 18.1 Å². The Labute approximate surface area is 201 Å². The normalized spacial score (nSPS) is 20.3. The van der Waals surface area contributed by atoms with Crippen molar-refractivity contribution in [2.24, 2.45) is 0 Å². The number of rotatable bonds is 7. The fraction of sp³-hybridized carbons (Fsp3) is 0.407. The number of nitrogens with zero attached hydrogens (tertiary/aromatic N) is 2. The number of aryl methyl sites for hydroxylation is 1. The molecule has 5 rings (SSSR count). The lowest BCUT2D eigenvalue weighted by atomic mass is 9.78. The zero-order valence-corrected chi connectivity index (χ0v) is 20.5. The molecule has 178 valence electrons. The summed E-state index contributed by atoms with van der Waals surface area (Å²) >= 11 is 0. The second-order valence-electron chi connectivity index (χ2n) is 9.80. The minimum absolute atomic E-state index is 0.0177. The van der Waals surface area contributed by atoms with Crippen molar-refractivity contribution in [3.05, 3.63) is 88.1 Å². The molecule has 1 heterocycles. The minimum Gasteiger partial charge on any atom is -0.296 e. The lowest BCUT2D eigenvalue weighted by Gasteiger charge is -2.33. The predicted octanol–water partition coefficient (Wildman–Crippen LogP) is 4.21. The van der Waals surface area contributed by atoms with Crippen LogP contribution in [0.3, 0.4) is 0 Å². The molecule has 0 spiro atoms. The molecule has 3 aromatic rings. The molecule has 7 heteroatoms. The van der Waals surface area contributed by atoms with Crippen LogP contribution >= 0.6 is 0 Å². The average Bonchev–Trinajstić information content (AvgIpc) is 3.67. The van der Waals surface area contributed by atoms with Crippen LogP contribution in [-0.4, -0.2) is 29.3 Å². The molecule has 0 saturated heterocycles. The van der Waals surface area contributed by atoms with E-state index in [9.17, 15) is 13.2 Å². The van der Waals surface area contributed by atoms with Crippen LogP contribution in [0.5, 0.6) is 0 Å². The van der Waals surface area contributed by atoms with E-state index in [2.05, 4.69) is 40.0 Å². The molecular formula is C27H31N3O3S. The maximum absolute atomic E-state index is 13.5. The van der Waals surface area contributed by atoms with Gasteiger partial charge in [-0.05, 0) is 62.6 Å². The van der Waals surface area contributed by atoms with Crippen LogP contribution in [0.15, 0.2) is 65.7 Å². The van der Waals surface area contributed by atoms with E-state index in [0.717, 1.165) is 22.4 Å². The standard InChI is InChI=1S/C27H31N3O3S/c1-18(2)30-17-28-25-14-13-24(29-34(32,33)22-11-12-22)23(26(25)27(30)31)16-19-7-6-10-21(15-19)20-8-4-3-5-9-20/h3-10,15,17-18,22-24,29H,11-14,16H2,1-2H3. The number of hydrogen-bond donors (Lipinski definition) is 1. The largest absolute Gasteiger partial charge is 0.296 e. The second kappa shape index (κ2) is 9.12. The molecule has 2 atom stereocenters. The first-order chi connectivity index (χ1) is 16.3. The van der Waals surface area contributed by atoms with Gasteiger partial charge in [0.05, 0.1) is 17.3 Å². The molecule has 0 amide bonds. The monoisotopic (exact) mass is 477 g/mol. The maximum atomic E-state index is 13.5. The molecule has 0 aliphatic heterocycles. The third kappa shape index (κ3) is 4.59. The summed E-state index contributed by atoms with van der Waals surface area (Å²) in [5.41, 5.74) is 4.72. The van der Waals surface area contributed by atoms with Crippen molar-refractivity contribution < 1.29 is 8.42 Å². The van der Waals surface area contributed by atoms with Gasteiger partial charge in [-0.15, -0.1) is 0 Å². The Hall–Kier alpha value is -2.77. The third-order valence-corrected chi connectivity index (χ3v) is 8.97. The van der Waals surface area contributed by atoms with Crippen molar-refractivity contribution in [3.63, 3.8) is 0 Å². The van der Waals surface area contributed by atoms with Crippen LogP contribution < -0.4 is 10.3 Å². The molecule has 2 aliphatic carbocycles. The summed E-state index contributed by atoms with van der Waals surface area (Å²) < 4.78 is 30.4. The zero-order chi connectivity index (χ0) is 23.9. The SMILES string of the molecule is CC(C)n1cnc2c(c1=O)C(Cc1cccc(-c3ccccc3)c1)C(NS(=O)(=O)C1CC1)CC2. The van der Waals surface area contributed by atoms with Crippen LogP contribution in [0.2, 0.25) is 0 Å². The van der Waals surface area contributed by atoms with Crippen LogP contribution in [-0.2, 0) is 22.9 Å². The number of benzene rings is 2. The second-order valence-corrected chi connectivity index (χ2v) is 11.8. The van der Waals surface area contributed by atoms with Gasteiger partial charge < -0.3 is 0 Å². The van der Waals surface area contributed by atoms with Crippen molar-refractivity contribution in [3.8, 4) is 11.1 Å². The van der Waals surface area contributed by atoms with Gasteiger partial charge in [-0.3, -0.25) is 9.36 Å². The Kier molecular flexibility index (Phi) is 6.16. The first-order valence-corrected chi connectivity index (χ1v) is 13.6. The summed E-state index contributed by atoms with van der Waals surface area (Å²) in [6.07, 6.45) is 4.87. The molecule has 0 radical (unpaired) electrons. The maximum Gasteiger partial charge on any atom is 0.257 e. The van der Waals surface area contributed by atoms with E-state index in [0.29, 0.717) is 37.7 Å². The fourth-order valence-electron chi connectivity index (χ4n) is 4.98. The van der Waals surface area contributed by atoms with E-state index in [1.54, 1.807) is 10.9 Å². The Morgan fingerprint density at radius 3 is 2.47 bits per heavy atom. The molecular weight excluding hydrogens is 446 g/mol. The number of nitrogens with one attached hydrogen (secondary N) is 1. The van der Waals surface area contributed by atoms with Gasteiger partial charge in [0, 0.05) is 23.6 Å². The Balaban J connectivity index is 1.55. The van der Waals surface area contributed by atoms with Crippen molar-refractivity contribution >= 4 is 10.0 Å². The number of sulfonamides is 1. The van der Waals surface area contributed by atoms with Crippen molar-refractivity contribution in [2.75, 3.05) is 0 Å². The van der Waals surface area contributed by atoms with Gasteiger partial charge in [-0.1, -0.05) is 54.6 Å². The van der Waals surface area contributed by atoms with Crippen molar-refractivity contribution in [1.82, 2.24) is 14.3 Å². The Bertz CT molecular complexity index is 1350. The Morgan fingerprint density at radius 2 is 1.76 bits per heavy atom. The summed E-state index contributed by atoms with van der Waals surface area (Å²) in [7, 11) is -3.38. The minimum atomic E-state index is -3.38. The topological polar surface area (TPSA) is 81.1 Å². The quantitative estimate of drug-likeness (QED) is 0.553. The molecule has 1 saturated carbocycles. The molecule has 2 aromatic carbocycles. The van der Waals surface area contributed by atoms with Gasteiger partial charge in [0.1, 0.15) is 0 Å². The summed E-state index contributed by atoms with van der Waals surface area (Å²) in [6.45, 7) is 3.92. The van der Waals surface area contributed by atoms with Gasteiger partial charge in [0.25, 0.3) is 5.56 Å². The highest BCUT2D eigenvalue weighted by atomic mass is 32.2. The van der Waals surface area contributed by atoms with Gasteiger partial charge >= 0.3 is 0 Å². The van der Waals surface area contributed by atoms with E-state index in [-0.39, 0.29) is 28.8 Å². The first kappa shape index (κ1) is 23.0. The molecule has 1 N–H and O–H groups in total. The average molecular weight is 478 g/mol. The molecule has 2 aliphatic rings. The highest BCUT2D eigenvalue weighted by molar-refractivity contribution is 7.90. The third-order valence-electron chi connectivity index (χ3n) is 6.99. The highest BCUT2D eigenvalue weighted by Gasteiger charge is 2.41. The Morgan fingerprint density at radius 1 is 1.03 bits per heavy atom. The summed E-state index contributed by atoms with van der Waals surface area (Å²) in [5.74, 6) is -0.269. The highest BCUT2D eigenvalue weighted by Crippen LogP contribution is 2.35. The van der Waals surface area contributed by atoms with Gasteiger partial charge in [0.2, 0.25) is 10.0 Å². The first-order valence-electron chi connectivity index (χ1n) is 12.1. The summed E-state index contributed by atoms with van der Waals surface area (Å²) in [6, 6.07) is 18.2. The van der Waals surface area contributed by atoms with Crippen LogP contribution in [0.4, 0.5) is 0 Å². The molecule has 1 aromatic heterocycles. The van der Waals surface area contributed by atoms with Gasteiger partial charge in [0.15, 0.2) is 0 Å². The van der Waals surface area contributed by atoms with E-state index >= 15 is 0 Å². The van der Waals surface area contributed by atoms with Crippen molar-refractivity contribution in [2.45, 2.75) is 69.2 Å². The molecule has 6 nitrogen and oxygen atoms in total. The smallest absolute Gasteiger partial charge is 0.257 e. The lowest BCUT2D eigenvalue weighted by molar-refractivity contribution is 0.412. The summed E-state index contributed by atoms with van der Waals surface area (Å²) in [4.78, 5) is 18.2. The molecule has 1 fully saturated rings. The van der Waals surface area contributed by atoms with Crippen LogP contribution in [0.25, 0.3) is 11.1 Å². The van der Waals surface area contributed by atoms with E-state index in [4.69, 9.17) is 0 Å².